The number of nitrogens with two attached hydrogens (primary N) is 1. The Morgan fingerprint density at radius 2 is 2.29 bits per heavy atom. The zero-order chi connectivity index (χ0) is 9.54. The number of aromatic nitrogens is 1. The summed E-state index contributed by atoms with van der Waals surface area (Å²) in [5, 5.41) is 1.29. The number of H-pyrrole nitrogens is 1. The van der Waals surface area contributed by atoms with Gasteiger partial charge in [0, 0.05) is 11.7 Å². The molecule has 1 aromatic carbocycles. The number of hydrogen-bond donors (Lipinski definition) is 2. The summed E-state index contributed by atoms with van der Waals surface area (Å²) in [6, 6.07) is 8.78. The third kappa shape index (κ3) is 1.15. The van der Waals surface area contributed by atoms with Gasteiger partial charge in [-0.15, -0.1) is 0 Å². The molecule has 0 saturated heterocycles. The van der Waals surface area contributed by atoms with Crippen LogP contribution in [0.2, 0.25) is 0 Å². The van der Waals surface area contributed by atoms with Crippen molar-refractivity contribution in [3.05, 3.63) is 36.0 Å². The van der Waals surface area contributed by atoms with Crippen LogP contribution in [0.5, 0.6) is 0 Å². The minimum atomic E-state index is 0.715. The van der Waals surface area contributed by atoms with E-state index in [9.17, 15) is 0 Å². The van der Waals surface area contributed by atoms with Crippen LogP contribution in [0, 0.1) is 5.92 Å². The van der Waals surface area contributed by atoms with Gasteiger partial charge >= 0.3 is 0 Å². The molecule has 3 N–H and O–H groups in total. The van der Waals surface area contributed by atoms with E-state index in [1.165, 1.54) is 22.9 Å². The topological polar surface area (TPSA) is 41.8 Å². The molecule has 1 aliphatic carbocycles. The van der Waals surface area contributed by atoms with E-state index in [-0.39, 0.29) is 0 Å². The summed E-state index contributed by atoms with van der Waals surface area (Å²) < 4.78 is 0. The first kappa shape index (κ1) is 8.06. The van der Waals surface area contributed by atoms with Crippen molar-refractivity contribution in [2.75, 3.05) is 6.54 Å². The van der Waals surface area contributed by atoms with Crippen LogP contribution < -0.4 is 5.73 Å². The second kappa shape index (κ2) is 2.85. The van der Waals surface area contributed by atoms with E-state index >= 15 is 0 Å². The van der Waals surface area contributed by atoms with Gasteiger partial charge in [-0.3, -0.25) is 0 Å². The highest BCUT2D eigenvalue weighted by atomic mass is 14.7. The molecule has 14 heavy (non-hydrogen) atoms. The summed E-state index contributed by atoms with van der Waals surface area (Å²) in [7, 11) is 0. The Morgan fingerprint density at radius 3 is 3.07 bits per heavy atom. The van der Waals surface area contributed by atoms with Gasteiger partial charge in [-0.05, 0) is 47.9 Å². The van der Waals surface area contributed by atoms with Crippen molar-refractivity contribution in [1.29, 1.82) is 0 Å². The molecule has 2 unspecified atom stereocenters. The van der Waals surface area contributed by atoms with Crippen LogP contribution >= 0.6 is 0 Å². The molecule has 2 nitrogen and oxygen atoms in total. The molecule has 0 amide bonds. The molecule has 1 aromatic heterocycles. The van der Waals surface area contributed by atoms with Gasteiger partial charge in [0.2, 0.25) is 0 Å². The molecule has 0 bridgehead atoms. The number of hydrogen-bond acceptors (Lipinski definition) is 1. The number of rotatable bonds is 2. The molecule has 1 heterocycles. The highest BCUT2D eigenvalue weighted by Gasteiger charge is 2.36. The van der Waals surface area contributed by atoms with Crippen molar-refractivity contribution in [2.24, 2.45) is 11.7 Å². The Labute approximate surface area is 83.1 Å². The average molecular weight is 186 g/mol. The maximum atomic E-state index is 5.65. The molecule has 72 valence electrons. The SMILES string of the molecule is NCC1CC1c1ccc2cc[nH]c2c1. The van der Waals surface area contributed by atoms with E-state index in [0.717, 1.165) is 12.5 Å². The summed E-state index contributed by atoms with van der Waals surface area (Å²) in [6.07, 6.45) is 3.25. The molecule has 1 fully saturated rings. The number of benzene rings is 1. The fraction of sp³-hybridized carbons (Fsp3) is 0.333. The van der Waals surface area contributed by atoms with E-state index in [0.29, 0.717) is 5.92 Å². The Balaban J connectivity index is 1.98. The summed E-state index contributed by atoms with van der Waals surface area (Å²) in [4.78, 5) is 3.24. The molecule has 1 saturated carbocycles. The molecular formula is C12H14N2. The molecule has 1 aliphatic rings. The summed E-state index contributed by atoms with van der Waals surface area (Å²) in [5.74, 6) is 1.44. The van der Waals surface area contributed by atoms with E-state index < -0.39 is 0 Å². The molecular weight excluding hydrogens is 172 g/mol. The first-order chi connectivity index (χ1) is 6.88. The molecule has 2 aromatic rings. The first-order valence-electron chi connectivity index (χ1n) is 5.15. The third-order valence-electron chi connectivity index (χ3n) is 3.23. The van der Waals surface area contributed by atoms with Crippen LogP contribution in [0.25, 0.3) is 10.9 Å². The maximum absolute atomic E-state index is 5.65. The van der Waals surface area contributed by atoms with Crippen LogP contribution in [0.3, 0.4) is 0 Å². The lowest BCUT2D eigenvalue weighted by molar-refractivity contribution is 0.810. The van der Waals surface area contributed by atoms with Crippen molar-refractivity contribution in [3.63, 3.8) is 0 Å². The standard InChI is InChI=1S/C12H14N2/c13-7-10-5-11(10)9-2-1-8-3-4-14-12(8)6-9/h1-4,6,10-11,14H,5,7,13H2. The molecule has 0 aliphatic heterocycles. The van der Waals surface area contributed by atoms with Crippen molar-refractivity contribution < 1.29 is 0 Å². The second-order valence-corrected chi connectivity index (χ2v) is 4.16. The van der Waals surface area contributed by atoms with Crippen molar-refractivity contribution in [3.8, 4) is 0 Å². The van der Waals surface area contributed by atoms with Crippen molar-refractivity contribution >= 4 is 10.9 Å². The Morgan fingerprint density at radius 1 is 1.36 bits per heavy atom. The van der Waals surface area contributed by atoms with Gasteiger partial charge in [0.15, 0.2) is 0 Å². The van der Waals surface area contributed by atoms with E-state index in [2.05, 4.69) is 29.2 Å². The summed E-state index contributed by atoms with van der Waals surface area (Å²) in [5.41, 5.74) is 8.33. The first-order valence-corrected chi connectivity index (χ1v) is 5.15. The maximum Gasteiger partial charge on any atom is 0.0456 e. The van der Waals surface area contributed by atoms with Gasteiger partial charge in [0.05, 0.1) is 0 Å². The van der Waals surface area contributed by atoms with Gasteiger partial charge < -0.3 is 10.7 Å². The van der Waals surface area contributed by atoms with Gasteiger partial charge in [0.25, 0.3) is 0 Å². The largest absolute Gasteiger partial charge is 0.361 e. The van der Waals surface area contributed by atoms with Crippen LogP contribution in [0.4, 0.5) is 0 Å². The monoisotopic (exact) mass is 186 g/mol. The Hall–Kier alpha value is -1.28. The van der Waals surface area contributed by atoms with Gasteiger partial charge in [-0.1, -0.05) is 12.1 Å². The smallest absolute Gasteiger partial charge is 0.0456 e. The van der Waals surface area contributed by atoms with Gasteiger partial charge in [-0.25, -0.2) is 0 Å². The highest BCUT2D eigenvalue weighted by Crippen LogP contribution is 2.46. The zero-order valence-electron chi connectivity index (χ0n) is 8.03. The minimum Gasteiger partial charge on any atom is -0.361 e. The molecule has 0 spiro atoms. The predicted octanol–water partition coefficient (Wildman–Crippen LogP) is 2.23. The third-order valence-corrected chi connectivity index (χ3v) is 3.23. The van der Waals surface area contributed by atoms with E-state index in [1.807, 2.05) is 6.20 Å². The van der Waals surface area contributed by atoms with Crippen LogP contribution in [0.1, 0.15) is 17.9 Å². The second-order valence-electron chi connectivity index (χ2n) is 4.16. The van der Waals surface area contributed by atoms with Crippen LogP contribution in [0.15, 0.2) is 30.5 Å². The lowest BCUT2D eigenvalue weighted by Gasteiger charge is -1.99. The fourth-order valence-corrected chi connectivity index (χ4v) is 2.21. The van der Waals surface area contributed by atoms with E-state index in [1.54, 1.807) is 0 Å². The average Bonchev–Trinajstić information content (AvgIpc) is 2.87. The number of aromatic amines is 1. The minimum absolute atomic E-state index is 0.715. The summed E-state index contributed by atoms with van der Waals surface area (Å²) >= 11 is 0. The molecule has 0 radical (unpaired) electrons. The molecule has 2 atom stereocenters. The Bertz CT molecular complexity index is 458. The van der Waals surface area contributed by atoms with Crippen molar-refractivity contribution in [1.82, 2.24) is 4.98 Å². The lowest BCUT2D eigenvalue weighted by Crippen LogP contribution is -2.01. The Kier molecular flexibility index (Phi) is 1.64. The molecule has 3 rings (SSSR count). The fourth-order valence-electron chi connectivity index (χ4n) is 2.21. The normalized spacial score (nSPS) is 25.5. The predicted molar refractivity (Wildman–Crippen MR) is 58.2 cm³/mol. The highest BCUT2D eigenvalue weighted by molar-refractivity contribution is 5.80. The number of nitrogens with one attached hydrogen (secondary N) is 1. The van der Waals surface area contributed by atoms with E-state index in [4.69, 9.17) is 5.73 Å². The zero-order valence-corrected chi connectivity index (χ0v) is 8.03. The summed E-state index contributed by atoms with van der Waals surface area (Å²) in [6.45, 7) is 0.827. The van der Waals surface area contributed by atoms with Gasteiger partial charge in [0.1, 0.15) is 0 Å². The van der Waals surface area contributed by atoms with Gasteiger partial charge in [-0.2, -0.15) is 0 Å². The van der Waals surface area contributed by atoms with Crippen LogP contribution in [-0.4, -0.2) is 11.5 Å². The van der Waals surface area contributed by atoms with Crippen LogP contribution in [-0.2, 0) is 0 Å². The lowest BCUT2D eigenvalue weighted by atomic mass is 10.1. The van der Waals surface area contributed by atoms with Crippen molar-refractivity contribution in [2.45, 2.75) is 12.3 Å². The molecule has 2 heteroatoms. The quantitative estimate of drug-likeness (QED) is 0.742. The number of fused-ring (bicyclic) bond motifs is 1.